The molecular formula is C15H26N2O. The Balaban J connectivity index is 2.34. The van der Waals surface area contributed by atoms with E-state index in [0.29, 0.717) is 6.10 Å². The van der Waals surface area contributed by atoms with Gasteiger partial charge in [0.05, 0.1) is 12.7 Å². The first-order valence-electron chi connectivity index (χ1n) is 6.61. The Morgan fingerprint density at radius 1 is 1.22 bits per heavy atom. The third-order valence-electron chi connectivity index (χ3n) is 2.94. The number of hydrogen-bond acceptors (Lipinski definition) is 3. The molecule has 0 heterocycles. The molecule has 1 aromatic carbocycles. The van der Waals surface area contributed by atoms with Gasteiger partial charge in [-0.2, -0.15) is 0 Å². The summed E-state index contributed by atoms with van der Waals surface area (Å²) < 4.78 is 5.53. The second-order valence-corrected chi connectivity index (χ2v) is 5.20. The Hall–Kier alpha value is -0.900. The van der Waals surface area contributed by atoms with Gasteiger partial charge in [-0.3, -0.25) is 0 Å². The van der Waals surface area contributed by atoms with Crippen LogP contribution >= 0.6 is 0 Å². The normalized spacial score (nSPS) is 13.3. The van der Waals surface area contributed by atoms with Crippen LogP contribution in [0.15, 0.2) is 24.3 Å². The molecule has 1 rings (SSSR count). The van der Waals surface area contributed by atoms with Crippen molar-refractivity contribution in [1.82, 2.24) is 4.90 Å². The van der Waals surface area contributed by atoms with Crippen molar-refractivity contribution in [2.45, 2.75) is 32.9 Å². The summed E-state index contributed by atoms with van der Waals surface area (Å²) in [4.78, 5) is 2.22. The maximum atomic E-state index is 6.20. The van der Waals surface area contributed by atoms with Crippen molar-refractivity contribution in [3.63, 3.8) is 0 Å². The Bertz CT molecular complexity index is 335. The van der Waals surface area contributed by atoms with Gasteiger partial charge < -0.3 is 15.4 Å². The van der Waals surface area contributed by atoms with Gasteiger partial charge in [-0.25, -0.2) is 0 Å². The van der Waals surface area contributed by atoms with Gasteiger partial charge in [0.1, 0.15) is 0 Å². The van der Waals surface area contributed by atoms with Gasteiger partial charge in [0.2, 0.25) is 0 Å². The standard InChI is InChI=1S/C15H26N2O/c1-12(2)18-10-9-17(4)11-15(16)14-7-5-13(3)6-8-14/h5-8,12,15H,9-11,16H2,1-4H3. The fraction of sp³-hybridized carbons (Fsp3) is 0.600. The molecule has 0 aliphatic rings. The molecule has 0 aliphatic heterocycles. The summed E-state index contributed by atoms with van der Waals surface area (Å²) in [7, 11) is 2.08. The molecule has 18 heavy (non-hydrogen) atoms. The van der Waals surface area contributed by atoms with Crippen LogP contribution in [-0.4, -0.2) is 37.7 Å². The second kappa shape index (κ2) is 7.52. The lowest BCUT2D eigenvalue weighted by atomic mass is 10.1. The molecule has 0 bridgehead atoms. The van der Waals surface area contributed by atoms with Crippen LogP contribution in [0.25, 0.3) is 0 Å². The Morgan fingerprint density at radius 3 is 2.39 bits per heavy atom. The number of ether oxygens (including phenoxy) is 1. The summed E-state index contributed by atoms with van der Waals surface area (Å²) >= 11 is 0. The molecule has 3 nitrogen and oxygen atoms in total. The van der Waals surface area contributed by atoms with Crippen LogP contribution in [0, 0.1) is 6.92 Å². The fourth-order valence-corrected chi connectivity index (χ4v) is 1.79. The molecule has 0 fully saturated rings. The van der Waals surface area contributed by atoms with E-state index in [1.165, 1.54) is 11.1 Å². The van der Waals surface area contributed by atoms with E-state index >= 15 is 0 Å². The molecule has 0 saturated carbocycles. The Kier molecular flexibility index (Phi) is 6.33. The lowest BCUT2D eigenvalue weighted by Gasteiger charge is -2.22. The Labute approximate surface area is 111 Å². The van der Waals surface area contributed by atoms with Gasteiger partial charge in [-0.1, -0.05) is 29.8 Å². The summed E-state index contributed by atoms with van der Waals surface area (Å²) in [6.07, 6.45) is 0.296. The molecule has 0 radical (unpaired) electrons. The first kappa shape index (κ1) is 15.2. The maximum absolute atomic E-state index is 6.20. The minimum atomic E-state index is 0.0645. The summed E-state index contributed by atoms with van der Waals surface area (Å²) in [5, 5.41) is 0. The first-order valence-corrected chi connectivity index (χ1v) is 6.61. The highest BCUT2D eigenvalue weighted by molar-refractivity contribution is 5.24. The molecule has 1 unspecified atom stereocenters. The molecule has 102 valence electrons. The van der Waals surface area contributed by atoms with E-state index in [9.17, 15) is 0 Å². The first-order chi connectivity index (χ1) is 8.49. The van der Waals surface area contributed by atoms with Crippen molar-refractivity contribution >= 4 is 0 Å². The third-order valence-corrected chi connectivity index (χ3v) is 2.94. The Morgan fingerprint density at radius 2 is 1.83 bits per heavy atom. The topological polar surface area (TPSA) is 38.5 Å². The highest BCUT2D eigenvalue weighted by Crippen LogP contribution is 2.12. The van der Waals surface area contributed by atoms with Crippen LogP contribution in [0.5, 0.6) is 0 Å². The maximum Gasteiger partial charge on any atom is 0.0596 e. The number of hydrogen-bond donors (Lipinski definition) is 1. The zero-order valence-corrected chi connectivity index (χ0v) is 12.0. The highest BCUT2D eigenvalue weighted by atomic mass is 16.5. The minimum Gasteiger partial charge on any atom is -0.377 e. The fourth-order valence-electron chi connectivity index (χ4n) is 1.79. The number of benzene rings is 1. The van der Waals surface area contributed by atoms with E-state index in [1.807, 2.05) is 0 Å². The van der Waals surface area contributed by atoms with Crippen LogP contribution in [0.1, 0.15) is 31.0 Å². The molecule has 0 amide bonds. The quantitative estimate of drug-likeness (QED) is 0.807. The number of aryl methyl sites for hydroxylation is 1. The number of nitrogens with zero attached hydrogens (tertiary/aromatic N) is 1. The van der Waals surface area contributed by atoms with Crippen LogP contribution in [0.2, 0.25) is 0 Å². The lowest BCUT2D eigenvalue weighted by Crippen LogP contribution is -2.32. The molecule has 0 saturated heterocycles. The summed E-state index contributed by atoms with van der Waals surface area (Å²) in [6.45, 7) is 8.72. The number of rotatable bonds is 7. The predicted molar refractivity (Wildman–Crippen MR) is 76.7 cm³/mol. The van der Waals surface area contributed by atoms with Crippen molar-refractivity contribution < 1.29 is 4.74 Å². The average molecular weight is 250 g/mol. The minimum absolute atomic E-state index is 0.0645. The van der Waals surface area contributed by atoms with Gasteiger partial charge >= 0.3 is 0 Å². The molecule has 0 aliphatic carbocycles. The lowest BCUT2D eigenvalue weighted by molar-refractivity contribution is 0.0629. The number of nitrogens with two attached hydrogens (primary N) is 1. The number of likely N-dealkylation sites (N-methyl/N-ethyl adjacent to an activating group) is 1. The summed E-state index contributed by atoms with van der Waals surface area (Å²) in [5.74, 6) is 0. The average Bonchev–Trinajstić information content (AvgIpc) is 2.29. The predicted octanol–water partition coefficient (Wildman–Crippen LogP) is 2.35. The molecular weight excluding hydrogens is 224 g/mol. The largest absolute Gasteiger partial charge is 0.377 e. The van der Waals surface area contributed by atoms with E-state index in [2.05, 4.69) is 57.0 Å². The van der Waals surface area contributed by atoms with Crippen molar-refractivity contribution in [3.8, 4) is 0 Å². The summed E-state index contributed by atoms with van der Waals surface area (Å²) in [6, 6.07) is 8.50. The monoisotopic (exact) mass is 250 g/mol. The third kappa shape index (κ3) is 5.63. The van der Waals surface area contributed by atoms with Crippen molar-refractivity contribution in [2.75, 3.05) is 26.7 Å². The van der Waals surface area contributed by atoms with Crippen molar-refractivity contribution in [1.29, 1.82) is 0 Å². The summed E-state index contributed by atoms with van der Waals surface area (Å²) in [5.41, 5.74) is 8.66. The van der Waals surface area contributed by atoms with E-state index in [-0.39, 0.29) is 6.04 Å². The van der Waals surface area contributed by atoms with E-state index in [0.717, 1.165) is 19.7 Å². The van der Waals surface area contributed by atoms with Gasteiger partial charge in [0, 0.05) is 19.1 Å². The van der Waals surface area contributed by atoms with Crippen LogP contribution in [0.3, 0.4) is 0 Å². The zero-order valence-electron chi connectivity index (χ0n) is 12.0. The van der Waals surface area contributed by atoms with Crippen molar-refractivity contribution in [2.24, 2.45) is 5.73 Å². The SMILES string of the molecule is Cc1ccc(C(N)CN(C)CCOC(C)C)cc1. The van der Waals surface area contributed by atoms with Gasteiger partial charge in [0.15, 0.2) is 0 Å². The molecule has 0 aromatic heterocycles. The molecule has 3 heteroatoms. The molecule has 2 N–H and O–H groups in total. The zero-order chi connectivity index (χ0) is 13.5. The van der Waals surface area contributed by atoms with Crippen molar-refractivity contribution in [3.05, 3.63) is 35.4 Å². The van der Waals surface area contributed by atoms with Gasteiger partial charge in [-0.15, -0.1) is 0 Å². The molecule has 1 atom stereocenters. The smallest absolute Gasteiger partial charge is 0.0596 e. The van der Waals surface area contributed by atoms with Crippen LogP contribution in [-0.2, 0) is 4.74 Å². The van der Waals surface area contributed by atoms with Gasteiger partial charge in [0.25, 0.3) is 0 Å². The molecule has 0 spiro atoms. The van der Waals surface area contributed by atoms with Crippen LogP contribution in [0.4, 0.5) is 0 Å². The molecule has 1 aromatic rings. The van der Waals surface area contributed by atoms with E-state index < -0.39 is 0 Å². The van der Waals surface area contributed by atoms with Crippen LogP contribution < -0.4 is 5.73 Å². The van der Waals surface area contributed by atoms with E-state index in [4.69, 9.17) is 10.5 Å². The van der Waals surface area contributed by atoms with Gasteiger partial charge in [-0.05, 0) is 33.4 Å². The van der Waals surface area contributed by atoms with E-state index in [1.54, 1.807) is 0 Å². The second-order valence-electron chi connectivity index (χ2n) is 5.20. The highest BCUT2D eigenvalue weighted by Gasteiger charge is 2.09.